The first kappa shape index (κ1) is 22.5. The zero-order valence-corrected chi connectivity index (χ0v) is 20.1. The van der Waals surface area contributed by atoms with Gasteiger partial charge in [0.25, 0.3) is 0 Å². The Morgan fingerprint density at radius 1 is 1.17 bits per heavy atom. The maximum Gasteiger partial charge on any atom is 0.191 e. The number of nitrogens with one attached hydrogen (secondary N) is 2. The summed E-state index contributed by atoms with van der Waals surface area (Å²) in [6.07, 6.45) is 4.42. The van der Waals surface area contributed by atoms with E-state index in [0.717, 1.165) is 68.0 Å². The Hall–Kier alpha value is -2.17. The van der Waals surface area contributed by atoms with Crippen LogP contribution in [0.25, 0.3) is 11.0 Å². The van der Waals surface area contributed by atoms with Crippen LogP contribution < -0.4 is 10.6 Å². The van der Waals surface area contributed by atoms with Gasteiger partial charge in [0.2, 0.25) is 0 Å². The second-order valence-corrected chi connectivity index (χ2v) is 7.42. The molecule has 1 aromatic carbocycles. The van der Waals surface area contributed by atoms with Crippen molar-refractivity contribution in [2.24, 2.45) is 4.99 Å². The van der Waals surface area contributed by atoms with Crippen molar-refractivity contribution in [3.05, 3.63) is 41.7 Å². The van der Waals surface area contributed by atoms with Crippen LogP contribution in [0.4, 0.5) is 0 Å². The fraction of sp³-hybridized carbons (Fsp3) is 0.524. The van der Waals surface area contributed by atoms with Crippen LogP contribution in [0.2, 0.25) is 0 Å². The molecule has 1 aliphatic heterocycles. The van der Waals surface area contributed by atoms with Crippen LogP contribution in [-0.2, 0) is 26.1 Å². The van der Waals surface area contributed by atoms with Gasteiger partial charge >= 0.3 is 0 Å². The van der Waals surface area contributed by atoms with Gasteiger partial charge in [0.05, 0.1) is 11.0 Å². The van der Waals surface area contributed by atoms with Gasteiger partial charge in [-0.05, 0) is 45.2 Å². The Morgan fingerprint density at radius 3 is 2.90 bits per heavy atom. The lowest BCUT2D eigenvalue weighted by atomic mass is 10.2. The van der Waals surface area contributed by atoms with Gasteiger partial charge in [0, 0.05) is 32.6 Å². The predicted octanol–water partition coefficient (Wildman–Crippen LogP) is 3.04. The van der Waals surface area contributed by atoms with Crippen molar-refractivity contribution in [1.82, 2.24) is 34.9 Å². The van der Waals surface area contributed by atoms with Crippen molar-refractivity contribution in [2.45, 2.75) is 59.2 Å². The molecule has 162 valence electrons. The number of aliphatic imine (C=N–C) groups is 1. The molecule has 3 aromatic rings. The van der Waals surface area contributed by atoms with Gasteiger partial charge in [-0.15, -0.1) is 34.2 Å². The Labute approximate surface area is 194 Å². The summed E-state index contributed by atoms with van der Waals surface area (Å²) in [4.78, 5) is 9.36. The highest BCUT2D eigenvalue weighted by atomic mass is 127. The van der Waals surface area contributed by atoms with Gasteiger partial charge in [-0.2, -0.15) is 0 Å². The first-order valence-corrected chi connectivity index (χ1v) is 10.6. The summed E-state index contributed by atoms with van der Waals surface area (Å²) < 4.78 is 4.51. The predicted molar refractivity (Wildman–Crippen MR) is 130 cm³/mol. The van der Waals surface area contributed by atoms with Crippen molar-refractivity contribution < 1.29 is 0 Å². The summed E-state index contributed by atoms with van der Waals surface area (Å²) in [6.45, 7) is 8.31. The Balaban J connectivity index is 0.00000256. The zero-order valence-electron chi connectivity index (χ0n) is 17.8. The van der Waals surface area contributed by atoms with Crippen LogP contribution in [0.5, 0.6) is 0 Å². The van der Waals surface area contributed by atoms with Crippen molar-refractivity contribution in [3.8, 4) is 0 Å². The minimum atomic E-state index is 0. The molecule has 30 heavy (non-hydrogen) atoms. The van der Waals surface area contributed by atoms with E-state index < -0.39 is 0 Å². The molecule has 0 fully saturated rings. The number of para-hydroxylation sites is 2. The van der Waals surface area contributed by atoms with E-state index in [0.29, 0.717) is 6.54 Å². The average molecular weight is 522 g/mol. The first-order valence-electron chi connectivity index (χ1n) is 10.6. The molecule has 2 N–H and O–H groups in total. The highest BCUT2D eigenvalue weighted by Gasteiger charge is 2.15. The second kappa shape index (κ2) is 10.7. The highest BCUT2D eigenvalue weighted by molar-refractivity contribution is 14.0. The molecule has 3 heterocycles. The number of hydrogen-bond acceptors (Lipinski definition) is 4. The van der Waals surface area contributed by atoms with E-state index in [1.54, 1.807) is 0 Å². The van der Waals surface area contributed by atoms with E-state index in [-0.39, 0.29) is 24.0 Å². The third-order valence-electron chi connectivity index (χ3n) is 5.36. The normalized spacial score (nSPS) is 13.7. The van der Waals surface area contributed by atoms with Gasteiger partial charge in [-0.25, -0.2) is 9.98 Å². The van der Waals surface area contributed by atoms with Crippen LogP contribution >= 0.6 is 24.0 Å². The molecular weight excluding hydrogens is 491 g/mol. The van der Waals surface area contributed by atoms with Gasteiger partial charge in [0.1, 0.15) is 18.2 Å². The summed E-state index contributed by atoms with van der Waals surface area (Å²) in [5.74, 6) is 3.94. The van der Waals surface area contributed by atoms with Crippen LogP contribution in [0.15, 0.2) is 29.3 Å². The Bertz CT molecular complexity index is 990. The molecule has 0 aliphatic carbocycles. The number of aromatic nitrogens is 5. The number of imidazole rings is 1. The van der Waals surface area contributed by atoms with Gasteiger partial charge in [0.15, 0.2) is 11.8 Å². The molecule has 1 aliphatic rings. The van der Waals surface area contributed by atoms with E-state index in [9.17, 15) is 0 Å². The number of benzene rings is 1. The van der Waals surface area contributed by atoms with E-state index in [4.69, 9.17) is 4.99 Å². The third-order valence-corrected chi connectivity index (χ3v) is 5.36. The standard InChI is InChI=1S/C21H30N8.HI/c1-3-22-21(24-15-20-27-26-19-11-6-7-13-29(19)20)23-12-8-14-28-16(2)25-17-9-4-5-10-18(17)28;/h4-5,9-10H,3,6-8,11-15H2,1-2H3,(H2,22,23,24);1H. The highest BCUT2D eigenvalue weighted by Crippen LogP contribution is 2.16. The molecule has 8 nitrogen and oxygen atoms in total. The van der Waals surface area contributed by atoms with Crippen molar-refractivity contribution in [3.63, 3.8) is 0 Å². The van der Waals surface area contributed by atoms with Crippen molar-refractivity contribution in [2.75, 3.05) is 13.1 Å². The van der Waals surface area contributed by atoms with Crippen LogP contribution in [-0.4, -0.2) is 43.4 Å². The number of rotatable bonds is 7. The SMILES string of the molecule is CCNC(=NCc1nnc2n1CCCC2)NCCCn1c(C)nc2ccccc21.I. The zero-order chi connectivity index (χ0) is 20.1. The van der Waals surface area contributed by atoms with Crippen LogP contribution in [0, 0.1) is 6.92 Å². The number of hydrogen-bond donors (Lipinski definition) is 2. The number of halogens is 1. The maximum atomic E-state index is 4.72. The topological polar surface area (TPSA) is 85.0 Å². The number of guanidine groups is 1. The lowest BCUT2D eigenvalue weighted by Gasteiger charge is -2.15. The number of fused-ring (bicyclic) bond motifs is 2. The summed E-state index contributed by atoms with van der Waals surface area (Å²) in [7, 11) is 0. The van der Waals surface area contributed by atoms with Crippen molar-refractivity contribution >= 4 is 41.0 Å². The Kier molecular flexibility index (Phi) is 8.06. The van der Waals surface area contributed by atoms with Crippen LogP contribution in [0.3, 0.4) is 0 Å². The molecule has 0 radical (unpaired) electrons. The molecule has 9 heteroatoms. The van der Waals surface area contributed by atoms with Gasteiger partial charge in [-0.1, -0.05) is 12.1 Å². The maximum absolute atomic E-state index is 4.72. The minimum absolute atomic E-state index is 0. The molecule has 2 aromatic heterocycles. The monoisotopic (exact) mass is 522 g/mol. The fourth-order valence-corrected chi connectivity index (χ4v) is 3.90. The molecule has 0 bridgehead atoms. The molecular formula is C21H31IN8. The molecule has 0 spiro atoms. The Morgan fingerprint density at radius 2 is 2.03 bits per heavy atom. The lowest BCUT2D eigenvalue weighted by molar-refractivity contribution is 0.508. The van der Waals surface area contributed by atoms with Gasteiger partial charge < -0.3 is 19.8 Å². The first-order chi connectivity index (χ1) is 14.3. The fourth-order valence-electron chi connectivity index (χ4n) is 3.90. The summed E-state index contributed by atoms with van der Waals surface area (Å²) >= 11 is 0. The van der Waals surface area contributed by atoms with Crippen LogP contribution in [0.1, 0.15) is 43.7 Å². The largest absolute Gasteiger partial charge is 0.357 e. The smallest absolute Gasteiger partial charge is 0.191 e. The van der Waals surface area contributed by atoms with Crippen molar-refractivity contribution in [1.29, 1.82) is 0 Å². The molecule has 0 unspecified atom stereocenters. The average Bonchev–Trinajstić information content (AvgIpc) is 3.29. The van der Waals surface area contributed by atoms with E-state index in [1.165, 1.54) is 18.4 Å². The minimum Gasteiger partial charge on any atom is -0.357 e. The summed E-state index contributed by atoms with van der Waals surface area (Å²) in [5, 5.41) is 15.4. The molecule has 4 rings (SSSR count). The van der Waals surface area contributed by atoms with E-state index >= 15 is 0 Å². The molecule has 0 saturated heterocycles. The summed E-state index contributed by atoms with van der Waals surface area (Å²) in [5.41, 5.74) is 2.26. The lowest BCUT2D eigenvalue weighted by Crippen LogP contribution is -2.38. The summed E-state index contributed by atoms with van der Waals surface area (Å²) in [6, 6.07) is 8.30. The molecule has 0 atom stereocenters. The quantitative estimate of drug-likeness (QED) is 0.216. The van der Waals surface area contributed by atoms with E-state index in [1.807, 2.05) is 6.07 Å². The second-order valence-electron chi connectivity index (χ2n) is 7.42. The van der Waals surface area contributed by atoms with E-state index in [2.05, 4.69) is 67.0 Å². The molecule has 0 amide bonds. The number of aryl methyl sites for hydroxylation is 3. The van der Waals surface area contributed by atoms with Gasteiger partial charge in [-0.3, -0.25) is 0 Å². The molecule has 0 saturated carbocycles. The third kappa shape index (κ3) is 5.11. The number of nitrogens with zero attached hydrogens (tertiary/aromatic N) is 6.